The van der Waals surface area contributed by atoms with Crippen LogP contribution in [-0.4, -0.2) is 27.8 Å². The standard InChI is InChI=1S/C20H16ClF3N4OS/c1-11-15-7-8-28(17(15)27-19(26-11)30-2)13-3-5-14(6-4-13)29-18-16(21)9-12(10-25-18)20(22,23)24/h3-6,9-10H,7-8H2,1-2H3. The molecule has 0 radical (unpaired) electrons. The fraction of sp³-hybridized carbons (Fsp3) is 0.250. The quantitative estimate of drug-likeness (QED) is 0.354. The van der Waals surface area contributed by atoms with Crippen molar-refractivity contribution in [1.29, 1.82) is 0 Å². The van der Waals surface area contributed by atoms with E-state index in [4.69, 9.17) is 16.3 Å². The fourth-order valence-corrected chi connectivity index (χ4v) is 3.82. The van der Waals surface area contributed by atoms with Crippen LogP contribution >= 0.6 is 23.4 Å². The summed E-state index contributed by atoms with van der Waals surface area (Å²) in [5.74, 6) is 1.22. The first-order valence-electron chi connectivity index (χ1n) is 8.96. The van der Waals surface area contributed by atoms with E-state index in [9.17, 15) is 13.2 Å². The number of aromatic nitrogens is 3. The molecule has 4 rings (SSSR count). The van der Waals surface area contributed by atoms with Gasteiger partial charge in [-0.3, -0.25) is 0 Å². The van der Waals surface area contributed by atoms with Crippen LogP contribution in [0.3, 0.4) is 0 Å². The SMILES string of the molecule is CSc1nc(C)c2c(n1)N(c1ccc(Oc3ncc(C(F)(F)F)cc3Cl)cc1)CC2. The normalized spacial score (nSPS) is 13.5. The summed E-state index contributed by atoms with van der Waals surface area (Å²) in [4.78, 5) is 14.9. The van der Waals surface area contributed by atoms with Crippen molar-refractivity contribution < 1.29 is 17.9 Å². The summed E-state index contributed by atoms with van der Waals surface area (Å²) in [6.07, 6.45) is -1.02. The summed E-state index contributed by atoms with van der Waals surface area (Å²) in [6, 6.07) is 7.95. The summed E-state index contributed by atoms with van der Waals surface area (Å²) in [5.41, 5.74) is 2.12. The van der Waals surface area contributed by atoms with Gasteiger partial charge in [0.25, 0.3) is 0 Å². The van der Waals surface area contributed by atoms with Gasteiger partial charge in [-0.15, -0.1) is 0 Å². The number of alkyl halides is 3. The highest BCUT2D eigenvalue weighted by molar-refractivity contribution is 7.98. The van der Waals surface area contributed by atoms with Gasteiger partial charge in [-0.1, -0.05) is 23.4 Å². The minimum Gasteiger partial charge on any atom is -0.438 e. The van der Waals surface area contributed by atoms with Gasteiger partial charge in [0, 0.05) is 29.7 Å². The Labute approximate surface area is 180 Å². The molecule has 2 aromatic heterocycles. The average Bonchev–Trinajstić information content (AvgIpc) is 3.14. The molecule has 3 aromatic rings. The second-order valence-corrected chi connectivity index (χ2v) is 7.78. The second-order valence-electron chi connectivity index (χ2n) is 6.60. The van der Waals surface area contributed by atoms with Crippen LogP contribution in [0.25, 0.3) is 0 Å². The maximum atomic E-state index is 12.7. The molecule has 156 valence electrons. The van der Waals surface area contributed by atoms with E-state index in [0.29, 0.717) is 11.9 Å². The number of hydrogen-bond acceptors (Lipinski definition) is 6. The van der Waals surface area contributed by atoms with Gasteiger partial charge in [-0.05, 0) is 49.9 Å². The molecule has 0 saturated carbocycles. The molecular formula is C20H16ClF3N4OS. The predicted octanol–water partition coefficient (Wildman–Crippen LogP) is 6.06. The Balaban J connectivity index is 1.55. The molecule has 0 N–H and O–H groups in total. The molecule has 3 heterocycles. The number of hydrogen-bond donors (Lipinski definition) is 0. The first-order chi connectivity index (χ1) is 14.3. The minimum atomic E-state index is -4.51. The number of thioether (sulfide) groups is 1. The number of aryl methyl sites for hydroxylation is 1. The van der Waals surface area contributed by atoms with Gasteiger partial charge in [0.1, 0.15) is 16.6 Å². The first kappa shape index (κ1) is 20.7. The zero-order chi connectivity index (χ0) is 21.5. The van der Waals surface area contributed by atoms with E-state index in [-0.39, 0.29) is 10.9 Å². The van der Waals surface area contributed by atoms with Crippen molar-refractivity contribution in [2.45, 2.75) is 24.7 Å². The molecule has 0 spiro atoms. The maximum absolute atomic E-state index is 12.7. The molecule has 1 aliphatic heterocycles. The van der Waals surface area contributed by atoms with E-state index in [0.717, 1.165) is 47.0 Å². The predicted molar refractivity (Wildman–Crippen MR) is 110 cm³/mol. The zero-order valence-corrected chi connectivity index (χ0v) is 17.6. The lowest BCUT2D eigenvalue weighted by atomic mass is 10.2. The molecule has 0 amide bonds. The number of fused-ring (bicyclic) bond motifs is 1. The largest absolute Gasteiger partial charge is 0.438 e. The van der Waals surface area contributed by atoms with Crippen molar-refractivity contribution >= 4 is 34.9 Å². The van der Waals surface area contributed by atoms with Crippen molar-refractivity contribution in [1.82, 2.24) is 15.0 Å². The van der Waals surface area contributed by atoms with Crippen LogP contribution in [0.4, 0.5) is 24.7 Å². The number of nitrogens with zero attached hydrogens (tertiary/aromatic N) is 4. The second kappa shape index (κ2) is 7.96. The molecule has 0 atom stereocenters. The summed E-state index contributed by atoms with van der Waals surface area (Å²) in [5, 5.41) is 0.514. The third kappa shape index (κ3) is 4.04. The Hall–Kier alpha value is -2.52. The van der Waals surface area contributed by atoms with Gasteiger partial charge < -0.3 is 9.64 Å². The zero-order valence-electron chi connectivity index (χ0n) is 16.0. The lowest BCUT2D eigenvalue weighted by Gasteiger charge is -2.19. The van der Waals surface area contributed by atoms with Crippen LogP contribution in [0.1, 0.15) is 16.8 Å². The topological polar surface area (TPSA) is 51.1 Å². The Morgan fingerprint density at radius 3 is 2.53 bits per heavy atom. The van der Waals surface area contributed by atoms with E-state index in [2.05, 4.69) is 19.9 Å². The third-order valence-electron chi connectivity index (χ3n) is 4.69. The minimum absolute atomic E-state index is 0.0862. The van der Waals surface area contributed by atoms with Gasteiger partial charge >= 0.3 is 6.18 Å². The Kier molecular flexibility index (Phi) is 5.50. The summed E-state index contributed by atoms with van der Waals surface area (Å²) >= 11 is 7.40. The number of ether oxygens (including phenoxy) is 1. The maximum Gasteiger partial charge on any atom is 0.417 e. The summed E-state index contributed by atoms with van der Waals surface area (Å²) in [7, 11) is 0. The van der Waals surface area contributed by atoms with Crippen LogP contribution in [-0.2, 0) is 12.6 Å². The van der Waals surface area contributed by atoms with E-state index >= 15 is 0 Å². The van der Waals surface area contributed by atoms with Crippen molar-refractivity contribution in [3.8, 4) is 11.6 Å². The Morgan fingerprint density at radius 1 is 1.17 bits per heavy atom. The smallest absolute Gasteiger partial charge is 0.417 e. The molecule has 5 nitrogen and oxygen atoms in total. The van der Waals surface area contributed by atoms with Crippen LogP contribution in [0, 0.1) is 6.92 Å². The van der Waals surface area contributed by atoms with Crippen molar-refractivity contribution in [3.63, 3.8) is 0 Å². The number of rotatable bonds is 4. The average molecular weight is 453 g/mol. The lowest BCUT2D eigenvalue weighted by molar-refractivity contribution is -0.137. The van der Waals surface area contributed by atoms with Crippen LogP contribution in [0.2, 0.25) is 5.02 Å². The van der Waals surface area contributed by atoms with E-state index in [1.54, 1.807) is 12.1 Å². The number of halogens is 4. The number of anilines is 2. The van der Waals surface area contributed by atoms with Gasteiger partial charge in [-0.2, -0.15) is 13.2 Å². The first-order valence-corrected chi connectivity index (χ1v) is 10.6. The molecule has 30 heavy (non-hydrogen) atoms. The van der Waals surface area contributed by atoms with E-state index in [1.807, 2.05) is 25.3 Å². The number of benzene rings is 1. The van der Waals surface area contributed by atoms with Crippen molar-refractivity contribution in [2.24, 2.45) is 0 Å². The molecular weight excluding hydrogens is 437 g/mol. The summed E-state index contributed by atoms with van der Waals surface area (Å²) in [6.45, 7) is 2.77. The van der Waals surface area contributed by atoms with Gasteiger partial charge in [-0.25, -0.2) is 15.0 Å². The summed E-state index contributed by atoms with van der Waals surface area (Å²) < 4.78 is 43.8. The molecule has 0 aliphatic carbocycles. The Morgan fingerprint density at radius 2 is 1.90 bits per heavy atom. The van der Waals surface area contributed by atoms with Gasteiger partial charge in [0.15, 0.2) is 5.16 Å². The van der Waals surface area contributed by atoms with Crippen molar-refractivity contribution in [2.75, 3.05) is 17.7 Å². The Bertz CT molecular complexity index is 1090. The number of pyridine rings is 1. The molecule has 1 aliphatic rings. The third-order valence-corrected chi connectivity index (χ3v) is 5.51. The molecule has 0 saturated heterocycles. The molecule has 0 fully saturated rings. The highest BCUT2D eigenvalue weighted by atomic mass is 35.5. The van der Waals surface area contributed by atoms with Gasteiger partial charge in [0.05, 0.1) is 5.56 Å². The molecule has 0 unspecified atom stereocenters. The van der Waals surface area contributed by atoms with Crippen LogP contribution in [0.15, 0.2) is 41.7 Å². The van der Waals surface area contributed by atoms with E-state index in [1.165, 1.54) is 11.8 Å². The molecule has 0 bridgehead atoms. The van der Waals surface area contributed by atoms with E-state index < -0.39 is 11.7 Å². The van der Waals surface area contributed by atoms with Crippen LogP contribution < -0.4 is 9.64 Å². The molecule has 1 aromatic carbocycles. The van der Waals surface area contributed by atoms with Crippen LogP contribution in [0.5, 0.6) is 11.6 Å². The fourth-order valence-electron chi connectivity index (χ4n) is 3.21. The van der Waals surface area contributed by atoms with Gasteiger partial charge in [0.2, 0.25) is 5.88 Å². The lowest BCUT2D eigenvalue weighted by Crippen LogP contribution is -2.14. The highest BCUT2D eigenvalue weighted by Gasteiger charge is 2.32. The van der Waals surface area contributed by atoms with Crippen molar-refractivity contribution in [3.05, 3.63) is 58.4 Å². The monoisotopic (exact) mass is 452 g/mol. The molecule has 10 heteroatoms. The highest BCUT2D eigenvalue weighted by Crippen LogP contribution is 2.37.